The van der Waals surface area contributed by atoms with Gasteiger partial charge in [-0.15, -0.1) is 0 Å². The van der Waals surface area contributed by atoms with E-state index in [9.17, 15) is 0 Å². The van der Waals surface area contributed by atoms with Crippen LogP contribution in [0.4, 0.5) is 5.82 Å². The molecule has 3 rings (SSSR count). The fourth-order valence-corrected chi connectivity index (χ4v) is 2.87. The van der Waals surface area contributed by atoms with E-state index in [1.165, 1.54) is 0 Å². The summed E-state index contributed by atoms with van der Waals surface area (Å²) in [5, 5.41) is 8.07. The highest BCUT2D eigenvalue weighted by atomic mass is 16.5. The van der Waals surface area contributed by atoms with Crippen LogP contribution >= 0.6 is 0 Å². The average Bonchev–Trinajstić information content (AvgIpc) is 3.13. The number of rotatable bonds is 5. The van der Waals surface area contributed by atoms with Crippen LogP contribution in [0, 0.1) is 6.92 Å². The molecule has 0 aromatic carbocycles. The second-order valence-electron chi connectivity index (χ2n) is 6.20. The van der Waals surface area contributed by atoms with E-state index >= 15 is 0 Å². The molecule has 0 saturated carbocycles. The topological polar surface area (TPSA) is 64.9 Å². The molecule has 0 radical (unpaired) electrons. The van der Waals surface area contributed by atoms with Crippen LogP contribution in [0.5, 0.6) is 0 Å². The normalized spacial score (nSPS) is 18.5. The van der Waals surface area contributed by atoms with Gasteiger partial charge in [-0.2, -0.15) is 5.10 Å². The Bertz CT molecular complexity index is 658. The zero-order valence-corrected chi connectivity index (χ0v) is 13.9. The smallest absolute Gasteiger partial charge is 0.156 e. The maximum absolute atomic E-state index is 5.70. The lowest BCUT2D eigenvalue weighted by molar-refractivity contribution is 0.120. The Balaban J connectivity index is 2.00. The third-order valence-electron chi connectivity index (χ3n) is 4.11. The monoisotopic (exact) mass is 303 g/mol. The van der Waals surface area contributed by atoms with Crippen LogP contribution < -0.4 is 5.32 Å². The van der Waals surface area contributed by atoms with Crippen LogP contribution in [0.15, 0.2) is 0 Å². The van der Waals surface area contributed by atoms with E-state index in [1.54, 1.807) is 0 Å². The summed E-state index contributed by atoms with van der Waals surface area (Å²) in [5.41, 5.74) is 2.92. The van der Waals surface area contributed by atoms with Gasteiger partial charge in [0.2, 0.25) is 0 Å². The zero-order valence-electron chi connectivity index (χ0n) is 13.9. The quantitative estimate of drug-likeness (QED) is 0.920. The predicted molar refractivity (Wildman–Crippen MR) is 87.3 cm³/mol. The molecule has 0 bridgehead atoms. The van der Waals surface area contributed by atoms with Gasteiger partial charge in [-0.05, 0) is 26.7 Å². The summed E-state index contributed by atoms with van der Waals surface area (Å²) in [4.78, 5) is 9.46. The van der Waals surface area contributed by atoms with Gasteiger partial charge in [0.1, 0.15) is 16.9 Å². The summed E-state index contributed by atoms with van der Waals surface area (Å²) in [6, 6.07) is 0. The van der Waals surface area contributed by atoms with E-state index in [2.05, 4.69) is 31.2 Å². The van der Waals surface area contributed by atoms with Crippen LogP contribution in [0.3, 0.4) is 0 Å². The first kappa shape index (κ1) is 15.2. The van der Waals surface area contributed by atoms with E-state index in [0.717, 1.165) is 60.9 Å². The summed E-state index contributed by atoms with van der Waals surface area (Å²) >= 11 is 0. The summed E-state index contributed by atoms with van der Waals surface area (Å²) in [7, 11) is 0. The number of fused-ring (bicyclic) bond motifs is 1. The minimum atomic E-state index is 0.284. The molecule has 0 aliphatic carbocycles. The first-order chi connectivity index (χ1) is 10.6. The van der Waals surface area contributed by atoms with Gasteiger partial charge in [-0.25, -0.2) is 9.97 Å². The summed E-state index contributed by atoms with van der Waals surface area (Å²) in [5.74, 6) is 2.03. The van der Waals surface area contributed by atoms with E-state index in [1.807, 2.05) is 11.6 Å². The molecule has 120 valence electrons. The van der Waals surface area contributed by atoms with Crippen molar-refractivity contribution in [1.82, 2.24) is 19.7 Å². The van der Waals surface area contributed by atoms with Crippen molar-refractivity contribution in [3.05, 3.63) is 11.5 Å². The van der Waals surface area contributed by atoms with Gasteiger partial charge in [0, 0.05) is 25.6 Å². The minimum absolute atomic E-state index is 0.284. The Morgan fingerprint density at radius 3 is 2.82 bits per heavy atom. The molecule has 1 aliphatic heterocycles. The molecule has 2 aromatic rings. The molecular weight excluding hydrogens is 278 g/mol. The van der Waals surface area contributed by atoms with Crippen molar-refractivity contribution >= 4 is 16.9 Å². The SMILES string of the molecule is CCn1nc(C)c2nc(C(C)C)nc(NCC3CCCO3)c21. The molecule has 22 heavy (non-hydrogen) atoms. The number of nitrogens with one attached hydrogen (secondary N) is 1. The van der Waals surface area contributed by atoms with Crippen molar-refractivity contribution < 1.29 is 4.74 Å². The number of aromatic nitrogens is 4. The molecule has 1 saturated heterocycles. The predicted octanol–water partition coefficient (Wildman–Crippen LogP) is 2.87. The molecule has 6 heteroatoms. The zero-order chi connectivity index (χ0) is 15.7. The van der Waals surface area contributed by atoms with Crippen LogP contribution in [0.25, 0.3) is 11.0 Å². The van der Waals surface area contributed by atoms with Crippen molar-refractivity contribution in [2.75, 3.05) is 18.5 Å². The third-order valence-corrected chi connectivity index (χ3v) is 4.11. The molecule has 1 fully saturated rings. The Labute approximate surface area is 131 Å². The fraction of sp³-hybridized carbons (Fsp3) is 0.688. The Morgan fingerprint density at radius 2 is 2.18 bits per heavy atom. The fourth-order valence-electron chi connectivity index (χ4n) is 2.87. The third kappa shape index (κ3) is 2.79. The molecule has 2 aromatic heterocycles. The molecule has 1 aliphatic rings. The molecule has 6 nitrogen and oxygen atoms in total. The average molecular weight is 303 g/mol. The van der Waals surface area contributed by atoms with Crippen molar-refractivity contribution in [1.29, 1.82) is 0 Å². The second-order valence-corrected chi connectivity index (χ2v) is 6.20. The number of nitrogens with zero attached hydrogens (tertiary/aromatic N) is 4. The molecule has 0 amide bonds. The number of ether oxygens (including phenoxy) is 1. The highest BCUT2D eigenvalue weighted by Gasteiger charge is 2.20. The first-order valence-electron chi connectivity index (χ1n) is 8.20. The number of hydrogen-bond donors (Lipinski definition) is 1. The van der Waals surface area contributed by atoms with Gasteiger partial charge in [0.05, 0.1) is 11.8 Å². The lowest BCUT2D eigenvalue weighted by atomic mass is 10.2. The van der Waals surface area contributed by atoms with Crippen molar-refractivity contribution in [2.24, 2.45) is 0 Å². The highest BCUT2D eigenvalue weighted by Crippen LogP contribution is 2.26. The van der Waals surface area contributed by atoms with Crippen LogP contribution in [0.1, 0.15) is 51.0 Å². The Kier molecular flexibility index (Phi) is 4.29. The molecule has 1 N–H and O–H groups in total. The van der Waals surface area contributed by atoms with Crippen molar-refractivity contribution in [3.63, 3.8) is 0 Å². The van der Waals surface area contributed by atoms with E-state index < -0.39 is 0 Å². The lowest BCUT2D eigenvalue weighted by Gasteiger charge is -2.14. The maximum atomic E-state index is 5.70. The van der Waals surface area contributed by atoms with E-state index in [0.29, 0.717) is 0 Å². The first-order valence-corrected chi connectivity index (χ1v) is 8.20. The summed E-state index contributed by atoms with van der Waals surface area (Å²) < 4.78 is 7.68. The van der Waals surface area contributed by atoms with Gasteiger partial charge in [-0.1, -0.05) is 13.8 Å². The van der Waals surface area contributed by atoms with Gasteiger partial charge < -0.3 is 10.1 Å². The van der Waals surface area contributed by atoms with Crippen molar-refractivity contribution in [3.8, 4) is 0 Å². The molecular formula is C16H25N5O. The number of aryl methyl sites for hydroxylation is 2. The van der Waals surface area contributed by atoms with Gasteiger partial charge >= 0.3 is 0 Å². The Morgan fingerprint density at radius 1 is 1.36 bits per heavy atom. The second kappa shape index (κ2) is 6.20. The van der Waals surface area contributed by atoms with Crippen molar-refractivity contribution in [2.45, 2.75) is 59.1 Å². The summed E-state index contributed by atoms with van der Waals surface area (Å²) in [6.45, 7) is 10.8. The lowest BCUT2D eigenvalue weighted by Crippen LogP contribution is -2.20. The van der Waals surface area contributed by atoms with Crippen LogP contribution in [0.2, 0.25) is 0 Å². The molecule has 1 atom stereocenters. The van der Waals surface area contributed by atoms with Gasteiger partial charge in [-0.3, -0.25) is 4.68 Å². The van der Waals surface area contributed by atoms with Crippen LogP contribution in [-0.4, -0.2) is 39.0 Å². The molecule has 3 heterocycles. The molecule has 1 unspecified atom stereocenters. The van der Waals surface area contributed by atoms with Crippen LogP contribution in [-0.2, 0) is 11.3 Å². The largest absolute Gasteiger partial charge is 0.376 e. The number of hydrogen-bond acceptors (Lipinski definition) is 5. The number of anilines is 1. The van der Waals surface area contributed by atoms with E-state index in [-0.39, 0.29) is 12.0 Å². The summed E-state index contributed by atoms with van der Waals surface area (Å²) in [6.07, 6.45) is 2.55. The highest BCUT2D eigenvalue weighted by molar-refractivity contribution is 5.87. The maximum Gasteiger partial charge on any atom is 0.156 e. The van der Waals surface area contributed by atoms with E-state index in [4.69, 9.17) is 14.7 Å². The standard InChI is InChI=1S/C16H25N5O/c1-5-21-14-13(11(4)20-21)18-15(10(2)3)19-16(14)17-9-12-7-6-8-22-12/h10,12H,5-9H2,1-4H3,(H,17,18,19). The molecule has 0 spiro atoms. The van der Waals surface area contributed by atoms with Gasteiger partial charge in [0.15, 0.2) is 5.82 Å². The Hall–Kier alpha value is -1.69. The minimum Gasteiger partial charge on any atom is -0.376 e. The van der Waals surface area contributed by atoms with Gasteiger partial charge in [0.25, 0.3) is 0 Å².